The van der Waals surface area contributed by atoms with E-state index in [1.54, 1.807) is 0 Å². The topological polar surface area (TPSA) is 41.1 Å². The maximum atomic E-state index is 12.0. The highest BCUT2D eigenvalue weighted by atomic mass is 79.9. The highest BCUT2D eigenvalue weighted by Gasteiger charge is 2.07. The molecule has 3 nitrogen and oxygen atoms in total. The third kappa shape index (κ3) is 4.58. The van der Waals surface area contributed by atoms with Crippen LogP contribution in [0.25, 0.3) is 0 Å². The number of halogens is 2. The van der Waals surface area contributed by atoms with Crippen molar-refractivity contribution in [1.29, 1.82) is 0 Å². The molecule has 0 saturated carbocycles. The molecule has 0 unspecified atom stereocenters. The zero-order chi connectivity index (χ0) is 15.4. The van der Waals surface area contributed by atoms with E-state index in [9.17, 15) is 4.79 Å². The van der Waals surface area contributed by atoms with Gasteiger partial charge in [-0.2, -0.15) is 0 Å². The molecule has 2 rings (SSSR count). The first kappa shape index (κ1) is 16.0. The molecular formula is C16H16Br2N2O. The minimum Gasteiger partial charge on any atom is -0.375 e. The Bertz CT molecular complexity index is 648. The lowest BCUT2D eigenvalue weighted by Crippen LogP contribution is -2.22. The van der Waals surface area contributed by atoms with Crippen molar-refractivity contribution in [2.75, 3.05) is 17.2 Å². The summed E-state index contributed by atoms with van der Waals surface area (Å²) in [6.45, 7) is 4.28. The van der Waals surface area contributed by atoms with Crippen molar-refractivity contribution >= 4 is 49.1 Å². The Morgan fingerprint density at radius 3 is 2.57 bits per heavy atom. The number of aryl methyl sites for hydroxylation is 2. The van der Waals surface area contributed by atoms with E-state index in [4.69, 9.17) is 0 Å². The van der Waals surface area contributed by atoms with Gasteiger partial charge in [0.2, 0.25) is 5.91 Å². The van der Waals surface area contributed by atoms with Gasteiger partial charge in [0.1, 0.15) is 0 Å². The van der Waals surface area contributed by atoms with Gasteiger partial charge in [-0.1, -0.05) is 28.1 Å². The molecule has 2 N–H and O–H groups in total. The Labute approximate surface area is 141 Å². The average molecular weight is 412 g/mol. The van der Waals surface area contributed by atoms with Gasteiger partial charge in [-0.25, -0.2) is 0 Å². The van der Waals surface area contributed by atoms with Crippen LogP contribution in [0.2, 0.25) is 0 Å². The summed E-state index contributed by atoms with van der Waals surface area (Å²) in [7, 11) is 0. The minimum absolute atomic E-state index is 0.0834. The highest BCUT2D eigenvalue weighted by molar-refractivity contribution is 9.10. The Morgan fingerprint density at radius 2 is 1.90 bits per heavy atom. The first-order valence-electron chi connectivity index (χ1n) is 6.52. The van der Waals surface area contributed by atoms with Crippen molar-refractivity contribution in [1.82, 2.24) is 0 Å². The van der Waals surface area contributed by atoms with Crippen molar-refractivity contribution < 1.29 is 4.79 Å². The number of carbonyl (C=O) groups is 1. The van der Waals surface area contributed by atoms with Gasteiger partial charge in [0.15, 0.2) is 0 Å². The summed E-state index contributed by atoms with van der Waals surface area (Å²) in [4.78, 5) is 12.0. The Morgan fingerprint density at radius 1 is 1.14 bits per heavy atom. The molecule has 2 aromatic carbocycles. The van der Waals surface area contributed by atoms with Crippen LogP contribution in [0.1, 0.15) is 11.1 Å². The number of hydrogen-bond acceptors (Lipinski definition) is 2. The van der Waals surface area contributed by atoms with E-state index >= 15 is 0 Å². The molecule has 1 amide bonds. The van der Waals surface area contributed by atoms with Crippen molar-refractivity contribution in [3.8, 4) is 0 Å². The van der Waals surface area contributed by atoms with Crippen molar-refractivity contribution in [2.24, 2.45) is 0 Å². The molecule has 0 heterocycles. The van der Waals surface area contributed by atoms with Crippen molar-refractivity contribution in [3.05, 3.63) is 56.5 Å². The smallest absolute Gasteiger partial charge is 0.243 e. The summed E-state index contributed by atoms with van der Waals surface area (Å²) in [5.41, 5.74) is 4.02. The molecule has 0 spiro atoms. The van der Waals surface area contributed by atoms with E-state index in [0.29, 0.717) is 0 Å². The van der Waals surface area contributed by atoms with E-state index in [0.717, 1.165) is 25.9 Å². The van der Waals surface area contributed by atoms with Gasteiger partial charge >= 0.3 is 0 Å². The van der Waals surface area contributed by atoms with E-state index in [2.05, 4.69) is 48.6 Å². The average Bonchev–Trinajstić information content (AvgIpc) is 2.37. The number of anilines is 2. The number of rotatable bonds is 4. The van der Waals surface area contributed by atoms with Crippen LogP contribution >= 0.6 is 31.9 Å². The van der Waals surface area contributed by atoms with Crippen LogP contribution in [0.4, 0.5) is 11.4 Å². The molecule has 0 aliphatic heterocycles. The molecule has 0 saturated heterocycles. The number of carbonyl (C=O) groups excluding carboxylic acids is 1. The Hall–Kier alpha value is -1.33. The quantitative estimate of drug-likeness (QED) is 0.752. The first-order valence-corrected chi connectivity index (χ1v) is 8.10. The Balaban J connectivity index is 1.99. The predicted molar refractivity (Wildman–Crippen MR) is 94.9 cm³/mol. The van der Waals surface area contributed by atoms with Crippen molar-refractivity contribution in [2.45, 2.75) is 13.8 Å². The molecule has 5 heteroatoms. The molecule has 0 aromatic heterocycles. The van der Waals surface area contributed by atoms with Gasteiger partial charge in [-0.3, -0.25) is 4.79 Å². The van der Waals surface area contributed by atoms with Crippen LogP contribution in [0, 0.1) is 13.8 Å². The molecular weight excluding hydrogens is 396 g/mol. The molecule has 2 aromatic rings. The highest BCUT2D eigenvalue weighted by Crippen LogP contribution is 2.27. The normalized spacial score (nSPS) is 10.3. The van der Waals surface area contributed by atoms with Gasteiger partial charge in [-0.15, -0.1) is 0 Å². The fourth-order valence-electron chi connectivity index (χ4n) is 2.08. The molecule has 21 heavy (non-hydrogen) atoms. The summed E-state index contributed by atoms with van der Waals surface area (Å²) in [6.07, 6.45) is 0. The fourth-order valence-corrected chi connectivity index (χ4v) is 3.29. The van der Waals surface area contributed by atoms with Crippen LogP contribution in [0.15, 0.2) is 45.3 Å². The van der Waals surface area contributed by atoms with Gasteiger partial charge in [0, 0.05) is 14.6 Å². The third-order valence-electron chi connectivity index (χ3n) is 2.97. The number of amides is 1. The minimum atomic E-state index is -0.0834. The lowest BCUT2D eigenvalue weighted by Gasteiger charge is -2.13. The summed E-state index contributed by atoms with van der Waals surface area (Å²) in [5, 5.41) is 6.03. The van der Waals surface area contributed by atoms with Crippen LogP contribution < -0.4 is 10.6 Å². The first-order chi connectivity index (χ1) is 9.95. The molecule has 0 bridgehead atoms. The standard InChI is InChI=1S/C16H16Br2N2O/c1-10-6-11(2)16(14(18)7-10)19-9-15(21)20-13-5-3-4-12(17)8-13/h3-8,19H,9H2,1-2H3,(H,20,21). The summed E-state index contributed by atoms with van der Waals surface area (Å²) in [5.74, 6) is -0.0834. The molecule has 0 fully saturated rings. The second-order valence-electron chi connectivity index (χ2n) is 4.85. The van der Waals surface area contributed by atoms with Crippen LogP contribution in [0.5, 0.6) is 0 Å². The largest absolute Gasteiger partial charge is 0.375 e. The molecule has 0 atom stereocenters. The fraction of sp³-hybridized carbons (Fsp3) is 0.188. The molecule has 110 valence electrons. The molecule has 0 aliphatic rings. The second kappa shape index (κ2) is 7.09. The molecule has 0 aliphatic carbocycles. The monoisotopic (exact) mass is 410 g/mol. The Kier molecular flexibility index (Phi) is 5.42. The van der Waals surface area contributed by atoms with Gasteiger partial charge in [0.25, 0.3) is 0 Å². The maximum absolute atomic E-state index is 12.0. The summed E-state index contributed by atoms with van der Waals surface area (Å²) < 4.78 is 1.90. The number of nitrogens with one attached hydrogen (secondary N) is 2. The molecule has 0 radical (unpaired) electrons. The number of hydrogen-bond donors (Lipinski definition) is 2. The summed E-state index contributed by atoms with van der Waals surface area (Å²) in [6, 6.07) is 11.6. The van der Waals surface area contributed by atoms with Crippen LogP contribution in [-0.4, -0.2) is 12.5 Å². The zero-order valence-corrected chi connectivity index (χ0v) is 15.0. The lowest BCUT2D eigenvalue weighted by atomic mass is 10.1. The van der Waals surface area contributed by atoms with Crippen LogP contribution in [-0.2, 0) is 4.79 Å². The SMILES string of the molecule is Cc1cc(C)c(NCC(=O)Nc2cccc(Br)c2)c(Br)c1. The van der Waals surface area contributed by atoms with E-state index < -0.39 is 0 Å². The third-order valence-corrected chi connectivity index (χ3v) is 4.08. The van der Waals surface area contributed by atoms with E-state index in [-0.39, 0.29) is 12.5 Å². The zero-order valence-electron chi connectivity index (χ0n) is 11.8. The lowest BCUT2D eigenvalue weighted by molar-refractivity contribution is -0.114. The second-order valence-corrected chi connectivity index (χ2v) is 6.62. The van der Waals surface area contributed by atoms with Gasteiger partial charge in [0.05, 0.1) is 12.2 Å². The van der Waals surface area contributed by atoms with Gasteiger partial charge in [-0.05, 0) is 65.2 Å². The van der Waals surface area contributed by atoms with E-state index in [1.165, 1.54) is 5.56 Å². The maximum Gasteiger partial charge on any atom is 0.243 e. The summed E-state index contributed by atoms with van der Waals surface area (Å²) >= 11 is 6.90. The predicted octanol–water partition coefficient (Wildman–Crippen LogP) is 4.88. The van der Waals surface area contributed by atoms with Crippen LogP contribution in [0.3, 0.4) is 0 Å². The van der Waals surface area contributed by atoms with Crippen molar-refractivity contribution in [3.63, 3.8) is 0 Å². The van der Waals surface area contributed by atoms with E-state index in [1.807, 2.05) is 44.2 Å². The number of benzene rings is 2. The van der Waals surface area contributed by atoms with Gasteiger partial charge < -0.3 is 10.6 Å².